The minimum Gasteiger partial charge on any atom is -0.457 e. The molecule has 0 spiro atoms. The van der Waals surface area contributed by atoms with E-state index in [0.29, 0.717) is 27.9 Å². The van der Waals surface area contributed by atoms with Crippen LogP contribution in [0.1, 0.15) is 66.3 Å². The Kier molecular flexibility index (Phi) is 5.14. The summed E-state index contributed by atoms with van der Waals surface area (Å²) < 4.78 is 6.07. The molecule has 3 heterocycles. The summed E-state index contributed by atoms with van der Waals surface area (Å²) in [6.45, 7) is 7.00. The largest absolute Gasteiger partial charge is 0.457 e. The Hall–Kier alpha value is -2.24. The van der Waals surface area contributed by atoms with E-state index in [0.717, 1.165) is 35.4 Å². The highest BCUT2D eigenvalue weighted by Crippen LogP contribution is 2.47. The number of amides is 1. The monoisotopic (exact) mass is 454 g/mol. The molecular weight excluding hydrogens is 428 g/mol. The Morgan fingerprint density at radius 2 is 2.00 bits per heavy atom. The molecule has 0 bridgehead atoms. The topological polar surface area (TPSA) is 54.3 Å². The van der Waals surface area contributed by atoms with E-state index in [1.54, 1.807) is 11.3 Å². The molecule has 162 valence electrons. The van der Waals surface area contributed by atoms with Crippen molar-refractivity contribution in [2.75, 3.05) is 5.32 Å². The number of nitrogens with one attached hydrogen (secondary N) is 2. The third-order valence-corrected chi connectivity index (χ3v) is 8.63. The molecule has 3 aromatic rings. The molecule has 2 aromatic heterocycles. The molecule has 6 heteroatoms. The number of thiophene rings is 1. The van der Waals surface area contributed by atoms with Crippen LogP contribution in [0.2, 0.25) is 5.02 Å². The molecule has 4 nitrogen and oxygen atoms in total. The molecule has 0 fully saturated rings. The molecular formula is C25H27ClN2O2S. The maximum absolute atomic E-state index is 13.1. The standard InChI is InChI=1S/C25H27ClN2O2S/c1-4-25(2,3)14-9-10-16-20(13-14)31-24-21(16)23(29)27-22(28-24)19-12-11-18(30-19)15-7-5-6-8-17(15)26/h5-8,11-12,14,22,28H,4,9-10,13H2,1-3H3,(H,27,29)/t14-,22-/m0/s1. The van der Waals surface area contributed by atoms with E-state index in [-0.39, 0.29) is 12.1 Å². The van der Waals surface area contributed by atoms with Gasteiger partial charge in [0.1, 0.15) is 16.5 Å². The lowest BCUT2D eigenvalue weighted by Gasteiger charge is -2.36. The first kappa shape index (κ1) is 20.7. The fraction of sp³-hybridized carbons (Fsp3) is 0.400. The molecule has 2 N–H and O–H groups in total. The number of hydrogen-bond acceptors (Lipinski definition) is 4. The van der Waals surface area contributed by atoms with Gasteiger partial charge in [-0.3, -0.25) is 4.79 Å². The fourth-order valence-corrected chi connectivity index (χ4v) is 6.29. The van der Waals surface area contributed by atoms with Crippen LogP contribution in [0.4, 0.5) is 5.00 Å². The second kappa shape index (κ2) is 7.72. The summed E-state index contributed by atoms with van der Waals surface area (Å²) in [6.07, 6.45) is 3.97. The van der Waals surface area contributed by atoms with E-state index in [1.165, 1.54) is 16.9 Å². The minimum atomic E-state index is -0.390. The lowest BCUT2D eigenvalue weighted by molar-refractivity contribution is 0.0930. The van der Waals surface area contributed by atoms with Gasteiger partial charge in [0, 0.05) is 10.4 Å². The van der Waals surface area contributed by atoms with Crippen molar-refractivity contribution in [2.24, 2.45) is 11.3 Å². The van der Waals surface area contributed by atoms with Crippen molar-refractivity contribution < 1.29 is 9.21 Å². The highest BCUT2D eigenvalue weighted by Gasteiger charge is 2.37. The average molecular weight is 455 g/mol. The predicted octanol–water partition coefficient (Wildman–Crippen LogP) is 7.06. The summed E-state index contributed by atoms with van der Waals surface area (Å²) in [4.78, 5) is 14.4. The van der Waals surface area contributed by atoms with E-state index in [9.17, 15) is 4.79 Å². The smallest absolute Gasteiger partial charge is 0.256 e. The zero-order valence-electron chi connectivity index (χ0n) is 18.0. The SMILES string of the molecule is CCC(C)(C)[C@H]1CCc2c(sc3c2C(=O)N[C@H](c2ccc(-c4ccccc4Cl)o2)N3)C1. The number of fused-ring (bicyclic) bond motifs is 3. The molecule has 5 rings (SSSR count). The maximum Gasteiger partial charge on any atom is 0.256 e. The maximum atomic E-state index is 13.1. The van der Waals surface area contributed by atoms with Crippen molar-refractivity contribution in [2.45, 2.75) is 52.6 Å². The summed E-state index contributed by atoms with van der Waals surface area (Å²) in [5, 5.41) is 8.20. The normalized spacial score (nSPS) is 20.6. The molecule has 31 heavy (non-hydrogen) atoms. The van der Waals surface area contributed by atoms with E-state index in [2.05, 4.69) is 31.4 Å². The molecule has 0 saturated heterocycles. The van der Waals surface area contributed by atoms with Crippen LogP contribution in [0.3, 0.4) is 0 Å². The van der Waals surface area contributed by atoms with Gasteiger partial charge in [-0.05, 0) is 60.4 Å². The summed E-state index contributed by atoms with van der Waals surface area (Å²) >= 11 is 8.05. The first-order valence-electron chi connectivity index (χ1n) is 10.9. The summed E-state index contributed by atoms with van der Waals surface area (Å²) in [5.41, 5.74) is 3.24. The third-order valence-electron chi connectivity index (χ3n) is 7.11. The number of carbonyl (C=O) groups is 1. The fourth-order valence-electron chi connectivity index (χ4n) is 4.71. The van der Waals surface area contributed by atoms with Gasteiger partial charge in [0.15, 0.2) is 6.17 Å². The quantitative estimate of drug-likeness (QED) is 0.443. The van der Waals surface area contributed by atoms with Crippen LogP contribution in [-0.2, 0) is 12.8 Å². The van der Waals surface area contributed by atoms with Crippen molar-refractivity contribution >= 4 is 33.8 Å². The molecule has 2 aliphatic rings. The van der Waals surface area contributed by atoms with Crippen LogP contribution < -0.4 is 10.6 Å². The van der Waals surface area contributed by atoms with Gasteiger partial charge in [-0.2, -0.15) is 0 Å². The number of anilines is 1. The van der Waals surface area contributed by atoms with Crippen LogP contribution >= 0.6 is 22.9 Å². The van der Waals surface area contributed by atoms with Gasteiger partial charge in [0.05, 0.1) is 10.6 Å². The molecule has 2 atom stereocenters. The highest BCUT2D eigenvalue weighted by atomic mass is 35.5. The third kappa shape index (κ3) is 3.58. The Bertz CT molecular complexity index is 1150. The Morgan fingerprint density at radius 1 is 1.19 bits per heavy atom. The molecule has 0 saturated carbocycles. The first-order valence-corrected chi connectivity index (χ1v) is 12.1. The van der Waals surface area contributed by atoms with Gasteiger partial charge >= 0.3 is 0 Å². The molecule has 1 aromatic carbocycles. The van der Waals surface area contributed by atoms with Crippen molar-refractivity contribution in [3.63, 3.8) is 0 Å². The molecule has 1 aliphatic carbocycles. The van der Waals surface area contributed by atoms with Crippen LogP contribution in [0.25, 0.3) is 11.3 Å². The van der Waals surface area contributed by atoms with Crippen molar-refractivity contribution in [3.05, 3.63) is 63.2 Å². The highest BCUT2D eigenvalue weighted by molar-refractivity contribution is 7.16. The van der Waals surface area contributed by atoms with Gasteiger partial charge in [0.2, 0.25) is 0 Å². The minimum absolute atomic E-state index is 0.0138. The summed E-state index contributed by atoms with van der Waals surface area (Å²) in [5.74, 6) is 2.01. The van der Waals surface area contributed by atoms with Crippen LogP contribution in [0, 0.1) is 11.3 Å². The molecule has 0 radical (unpaired) electrons. The number of rotatable bonds is 4. The zero-order valence-corrected chi connectivity index (χ0v) is 19.6. The summed E-state index contributed by atoms with van der Waals surface area (Å²) in [7, 11) is 0. The molecule has 0 unspecified atom stereocenters. The van der Waals surface area contributed by atoms with E-state index < -0.39 is 0 Å². The summed E-state index contributed by atoms with van der Waals surface area (Å²) in [6, 6.07) is 11.4. The van der Waals surface area contributed by atoms with Crippen molar-refractivity contribution in [3.8, 4) is 11.3 Å². The lowest BCUT2D eigenvalue weighted by atomic mass is 9.69. The van der Waals surface area contributed by atoms with Crippen molar-refractivity contribution in [1.29, 1.82) is 0 Å². The van der Waals surface area contributed by atoms with Crippen molar-refractivity contribution in [1.82, 2.24) is 5.32 Å². The van der Waals surface area contributed by atoms with Crippen LogP contribution in [0.5, 0.6) is 0 Å². The zero-order chi connectivity index (χ0) is 21.8. The first-order chi connectivity index (χ1) is 14.9. The second-order valence-corrected chi connectivity index (χ2v) is 10.7. The van der Waals surface area contributed by atoms with E-state index in [1.807, 2.05) is 36.4 Å². The number of halogens is 1. The van der Waals surface area contributed by atoms with Gasteiger partial charge in [-0.15, -0.1) is 11.3 Å². The predicted molar refractivity (Wildman–Crippen MR) is 127 cm³/mol. The van der Waals surface area contributed by atoms with Gasteiger partial charge in [0.25, 0.3) is 5.91 Å². The average Bonchev–Trinajstić information content (AvgIpc) is 3.38. The Labute approximate surface area is 192 Å². The lowest BCUT2D eigenvalue weighted by Crippen LogP contribution is -2.38. The number of furan rings is 1. The molecule has 1 aliphatic heterocycles. The van der Waals surface area contributed by atoms with Gasteiger partial charge in [-0.25, -0.2) is 0 Å². The van der Waals surface area contributed by atoms with Gasteiger partial charge < -0.3 is 15.1 Å². The van der Waals surface area contributed by atoms with Crippen LogP contribution in [-0.4, -0.2) is 5.91 Å². The van der Waals surface area contributed by atoms with Gasteiger partial charge in [-0.1, -0.05) is 50.9 Å². The Balaban J connectivity index is 1.41. The number of hydrogen-bond donors (Lipinski definition) is 2. The Morgan fingerprint density at radius 3 is 2.77 bits per heavy atom. The number of benzene rings is 1. The van der Waals surface area contributed by atoms with Crippen LogP contribution in [0.15, 0.2) is 40.8 Å². The van der Waals surface area contributed by atoms with E-state index >= 15 is 0 Å². The second-order valence-electron chi connectivity index (χ2n) is 9.22. The molecule has 1 amide bonds. The van der Waals surface area contributed by atoms with E-state index in [4.69, 9.17) is 16.0 Å². The number of carbonyl (C=O) groups excluding carboxylic acids is 1.